The minimum atomic E-state index is -1.30. The number of rotatable bonds is 5. The van der Waals surface area contributed by atoms with Crippen molar-refractivity contribution in [3.05, 3.63) is 59.2 Å². The second-order valence-electron chi connectivity index (χ2n) is 11.0. The number of aliphatic hydroxyl groups is 1. The molecule has 0 aliphatic carbocycles. The van der Waals surface area contributed by atoms with Crippen LogP contribution in [0.5, 0.6) is 11.5 Å². The summed E-state index contributed by atoms with van der Waals surface area (Å²) in [5, 5.41) is 14.1. The zero-order valence-corrected chi connectivity index (χ0v) is 22.9. The third-order valence-corrected chi connectivity index (χ3v) is 8.38. The van der Waals surface area contributed by atoms with Crippen LogP contribution >= 0.6 is 0 Å². The van der Waals surface area contributed by atoms with E-state index in [0.717, 1.165) is 31.2 Å². The van der Waals surface area contributed by atoms with E-state index in [-0.39, 0.29) is 24.4 Å². The molecule has 2 amide bonds. The first kappa shape index (κ1) is 27.0. The second kappa shape index (κ2) is 10.5. The smallest absolute Gasteiger partial charge is 0.251 e. The molecule has 2 aromatic rings. The molecule has 9 nitrogen and oxygen atoms in total. The molecule has 208 valence electrons. The van der Waals surface area contributed by atoms with Crippen LogP contribution in [0.2, 0.25) is 0 Å². The number of benzene rings is 2. The molecule has 2 aromatic carbocycles. The molecule has 5 rings (SSSR count). The van der Waals surface area contributed by atoms with Crippen molar-refractivity contribution < 1.29 is 24.2 Å². The number of carbonyl (C=O) groups excluding carboxylic acids is 2. The van der Waals surface area contributed by atoms with E-state index in [1.54, 1.807) is 30.0 Å². The molecule has 0 spiro atoms. The van der Waals surface area contributed by atoms with Gasteiger partial charge in [0.25, 0.3) is 5.91 Å². The summed E-state index contributed by atoms with van der Waals surface area (Å²) in [5.74, 6) is 1.07. The zero-order chi connectivity index (χ0) is 27.8. The molecule has 3 atom stereocenters. The van der Waals surface area contributed by atoms with Gasteiger partial charge in [0.1, 0.15) is 23.7 Å². The Morgan fingerprint density at radius 3 is 2.62 bits per heavy atom. The Labute approximate surface area is 229 Å². The number of para-hydroxylation sites is 1. The van der Waals surface area contributed by atoms with Gasteiger partial charge in [0.15, 0.2) is 5.96 Å². The van der Waals surface area contributed by atoms with Gasteiger partial charge in [0, 0.05) is 16.7 Å². The summed E-state index contributed by atoms with van der Waals surface area (Å²) in [6.07, 6.45) is 4.13. The molecule has 0 radical (unpaired) electrons. The largest absolute Gasteiger partial charge is 0.493 e. The highest BCUT2D eigenvalue weighted by molar-refractivity contribution is 6.00. The van der Waals surface area contributed by atoms with E-state index in [4.69, 9.17) is 20.2 Å². The van der Waals surface area contributed by atoms with Crippen molar-refractivity contribution in [3.63, 3.8) is 0 Å². The predicted molar refractivity (Wildman–Crippen MR) is 148 cm³/mol. The van der Waals surface area contributed by atoms with Crippen molar-refractivity contribution in [2.24, 2.45) is 10.7 Å². The fourth-order valence-corrected chi connectivity index (χ4v) is 5.89. The maximum absolute atomic E-state index is 13.6. The van der Waals surface area contributed by atoms with Crippen LogP contribution in [0.1, 0.15) is 92.9 Å². The van der Waals surface area contributed by atoms with E-state index >= 15 is 0 Å². The Bertz CT molecular complexity index is 1290. The average molecular weight is 535 g/mol. The summed E-state index contributed by atoms with van der Waals surface area (Å²) in [4.78, 5) is 33.5. The molecule has 0 bridgehead atoms. The zero-order valence-electron chi connectivity index (χ0n) is 22.9. The Morgan fingerprint density at radius 1 is 1.13 bits per heavy atom. The number of hydrogen-bond acceptors (Lipinski definition) is 7. The number of nitrogens with zero attached hydrogens (tertiary/aromatic N) is 2. The lowest BCUT2D eigenvalue weighted by Crippen LogP contribution is -2.52. The van der Waals surface area contributed by atoms with E-state index in [1.807, 2.05) is 38.1 Å². The maximum atomic E-state index is 13.6. The predicted octanol–water partition coefficient (Wildman–Crippen LogP) is 4.01. The number of ether oxygens (including phenoxy) is 2. The van der Waals surface area contributed by atoms with Crippen molar-refractivity contribution in [1.29, 1.82) is 0 Å². The average Bonchev–Trinajstić information content (AvgIpc) is 2.91. The molecule has 0 saturated carbocycles. The molecule has 0 saturated heterocycles. The molecule has 0 unspecified atom stereocenters. The summed E-state index contributed by atoms with van der Waals surface area (Å²) in [5.41, 5.74) is 6.54. The lowest BCUT2D eigenvalue weighted by molar-refractivity contribution is -0.131. The number of guanidine groups is 1. The maximum Gasteiger partial charge on any atom is 0.251 e. The van der Waals surface area contributed by atoms with Gasteiger partial charge in [0.05, 0.1) is 30.7 Å². The molecular weight excluding hydrogens is 496 g/mol. The van der Waals surface area contributed by atoms with Gasteiger partial charge in [-0.3, -0.25) is 14.5 Å². The van der Waals surface area contributed by atoms with Gasteiger partial charge in [-0.15, -0.1) is 0 Å². The van der Waals surface area contributed by atoms with Crippen molar-refractivity contribution >= 4 is 17.8 Å². The highest BCUT2D eigenvalue weighted by Gasteiger charge is 2.42. The summed E-state index contributed by atoms with van der Waals surface area (Å²) in [6.45, 7) is 6.32. The molecule has 3 aliphatic heterocycles. The minimum absolute atomic E-state index is 0.0573. The fourth-order valence-electron chi connectivity index (χ4n) is 5.89. The number of nitrogens with two attached hydrogens (primary N) is 1. The first-order valence-corrected chi connectivity index (χ1v) is 13.9. The van der Waals surface area contributed by atoms with Gasteiger partial charge in [-0.05, 0) is 63.3 Å². The van der Waals surface area contributed by atoms with Crippen LogP contribution in [0.4, 0.5) is 0 Å². The van der Waals surface area contributed by atoms with Gasteiger partial charge in [-0.25, -0.2) is 4.99 Å². The summed E-state index contributed by atoms with van der Waals surface area (Å²) in [6, 6.07) is 11.6. The first-order chi connectivity index (χ1) is 18.7. The molecule has 3 aliphatic rings. The van der Waals surface area contributed by atoms with Crippen LogP contribution in [0.25, 0.3) is 0 Å². The monoisotopic (exact) mass is 534 g/mol. The third-order valence-electron chi connectivity index (χ3n) is 8.38. The van der Waals surface area contributed by atoms with E-state index < -0.39 is 23.2 Å². The van der Waals surface area contributed by atoms with E-state index in [2.05, 4.69) is 5.32 Å². The van der Waals surface area contributed by atoms with Gasteiger partial charge in [0.2, 0.25) is 5.91 Å². The summed E-state index contributed by atoms with van der Waals surface area (Å²) < 4.78 is 11.8. The van der Waals surface area contributed by atoms with Gasteiger partial charge >= 0.3 is 0 Å². The van der Waals surface area contributed by atoms with E-state index in [1.165, 1.54) is 0 Å². The number of nitrogens with one attached hydrogen (secondary N) is 1. The highest BCUT2D eigenvalue weighted by Crippen LogP contribution is 2.41. The highest BCUT2D eigenvalue weighted by atomic mass is 16.5. The lowest BCUT2D eigenvalue weighted by atomic mass is 9.86. The first-order valence-electron chi connectivity index (χ1n) is 13.9. The molecule has 4 N–H and O–H groups in total. The van der Waals surface area contributed by atoms with Crippen LogP contribution in [-0.2, 0) is 4.79 Å². The Kier molecular flexibility index (Phi) is 7.29. The van der Waals surface area contributed by atoms with Gasteiger partial charge in [-0.1, -0.05) is 32.0 Å². The normalized spacial score (nSPS) is 26.1. The van der Waals surface area contributed by atoms with Crippen LogP contribution < -0.4 is 20.5 Å². The second-order valence-corrected chi connectivity index (χ2v) is 11.0. The Hall–Kier alpha value is -3.59. The molecule has 0 fully saturated rings. The molecule has 3 heterocycles. The number of carbonyl (C=O) groups is 2. The summed E-state index contributed by atoms with van der Waals surface area (Å²) in [7, 11) is 0. The van der Waals surface area contributed by atoms with Crippen molar-refractivity contribution in [3.8, 4) is 11.5 Å². The van der Waals surface area contributed by atoms with Crippen molar-refractivity contribution in [1.82, 2.24) is 10.2 Å². The van der Waals surface area contributed by atoms with Crippen LogP contribution in [0.3, 0.4) is 0 Å². The third kappa shape index (κ3) is 5.07. The molecular formula is C30H38N4O5. The van der Waals surface area contributed by atoms with Crippen molar-refractivity contribution in [2.75, 3.05) is 13.2 Å². The molecule has 0 aromatic heterocycles. The quantitative estimate of drug-likeness (QED) is 0.532. The number of aliphatic imine (C=N–C) groups is 1. The Morgan fingerprint density at radius 2 is 1.87 bits per heavy atom. The van der Waals surface area contributed by atoms with Gasteiger partial charge in [-0.2, -0.15) is 0 Å². The van der Waals surface area contributed by atoms with Crippen molar-refractivity contribution in [2.45, 2.75) is 82.5 Å². The molecule has 39 heavy (non-hydrogen) atoms. The van der Waals surface area contributed by atoms with Gasteiger partial charge < -0.3 is 25.6 Å². The number of hydrogen-bond donors (Lipinski definition) is 3. The Balaban J connectivity index is 1.49. The van der Waals surface area contributed by atoms with E-state index in [0.29, 0.717) is 42.1 Å². The number of amides is 2. The SMILES string of the molecule is CCC1(CC)CC(=O)N([C@@H]2CCCCOc3ccc(C(=O)N[C@@H]4c5ccccc5OC[C@@]4(C)O)cc32)C(N)=N1. The number of fused-ring (bicyclic) bond motifs is 2. The summed E-state index contributed by atoms with van der Waals surface area (Å²) >= 11 is 0. The minimum Gasteiger partial charge on any atom is -0.493 e. The fraction of sp³-hybridized carbons (Fsp3) is 0.500. The van der Waals surface area contributed by atoms with Crippen LogP contribution in [0.15, 0.2) is 47.5 Å². The topological polar surface area (TPSA) is 126 Å². The van der Waals surface area contributed by atoms with Crippen LogP contribution in [-0.4, -0.2) is 52.1 Å². The van der Waals surface area contributed by atoms with E-state index in [9.17, 15) is 14.7 Å². The van der Waals surface area contributed by atoms with Crippen LogP contribution in [0, 0.1) is 0 Å². The standard InChI is InChI=1S/C30H38N4O5/c1-4-30(5-2)17-25(35)34(28(31)33-30)22-11-8-9-15-38-24-14-13-19(16-21(22)24)27(36)32-26-20-10-6-7-12-23(20)39-18-29(26,3)37/h6-7,10,12-14,16,22,26,37H,4-5,8-9,11,15,17-18H2,1-3H3,(H2,31,33)(H,32,36)/t22-,26-,29-/m1/s1. The molecule has 9 heteroatoms. The lowest BCUT2D eigenvalue weighted by Gasteiger charge is -2.41.